The Labute approximate surface area is 137 Å². The van der Waals surface area contributed by atoms with Crippen molar-refractivity contribution in [1.82, 2.24) is 0 Å². The molecule has 0 aromatic heterocycles. The van der Waals surface area contributed by atoms with E-state index in [9.17, 15) is 4.79 Å². The molecule has 0 N–H and O–H groups in total. The van der Waals surface area contributed by atoms with Gasteiger partial charge in [-0.15, -0.1) is 0 Å². The number of carbonyl (C=O) groups is 1. The summed E-state index contributed by atoms with van der Waals surface area (Å²) in [7, 11) is 0. The Morgan fingerprint density at radius 2 is 1.64 bits per heavy atom. The van der Waals surface area contributed by atoms with Crippen molar-refractivity contribution in [3.8, 4) is 0 Å². The molecule has 0 spiro atoms. The van der Waals surface area contributed by atoms with Gasteiger partial charge in [0, 0.05) is 11.8 Å². The molecule has 1 nitrogen and oxygen atoms in total. The van der Waals surface area contributed by atoms with E-state index in [1.165, 1.54) is 22.9 Å². The van der Waals surface area contributed by atoms with Gasteiger partial charge in [0.15, 0.2) is 5.12 Å². The number of hydrogen-bond acceptors (Lipinski definition) is 2. The minimum Gasteiger partial charge on any atom is -0.287 e. The van der Waals surface area contributed by atoms with E-state index in [2.05, 4.69) is 67.1 Å². The lowest BCUT2D eigenvalue weighted by Gasteiger charge is -2.19. The Morgan fingerprint density at radius 3 is 2.14 bits per heavy atom. The first-order valence-electron chi connectivity index (χ1n) is 7.87. The maximum Gasteiger partial charge on any atom is 0.189 e. The van der Waals surface area contributed by atoms with E-state index in [-0.39, 0.29) is 10.5 Å². The standard InChI is InChI=1S/C20H21OS/c1-2-22-19(21)14-13-18-15-20(18,16-9-5-3-6-10-16)17-11-7-4-8-12-17/h3-13,18H,2,14-15H2,1H3. The van der Waals surface area contributed by atoms with Crippen LogP contribution in [0.5, 0.6) is 0 Å². The molecule has 0 saturated heterocycles. The average Bonchev–Trinajstić information content (AvgIpc) is 3.31. The summed E-state index contributed by atoms with van der Waals surface area (Å²) in [5, 5.41) is 0.282. The number of rotatable bonds is 6. The van der Waals surface area contributed by atoms with Crippen molar-refractivity contribution in [3.63, 3.8) is 0 Å². The molecule has 1 radical (unpaired) electrons. The highest BCUT2D eigenvalue weighted by molar-refractivity contribution is 8.13. The quantitative estimate of drug-likeness (QED) is 0.757. The van der Waals surface area contributed by atoms with Crippen LogP contribution in [-0.2, 0) is 10.2 Å². The fourth-order valence-corrected chi connectivity index (χ4v) is 3.87. The predicted molar refractivity (Wildman–Crippen MR) is 93.8 cm³/mol. The van der Waals surface area contributed by atoms with Crippen LogP contribution < -0.4 is 0 Å². The second-order valence-electron chi connectivity index (χ2n) is 5.76. The van der Waals surface area contributed by atoms with Crippen LogP contribution in [-0.4, -0.2) is 10.9 Å². The minimum atomic E-state index is 0.0691. The molecule has 1 unspecified atom stereocenters. The molecule has 113 valence electrons. The van der Waals surface area contributed by atoms with Crippen LogP contribution in [0.2, 0.25) is 0 Å². The summed E-state index contributed by atoms with van der Waals surface area (Å²) in [6, 6.07) is 21.4. The third-order valence-electron chi connectivity index (χ3n) is 4.47. The summed E-state index contributed by atoms with van der Waals surface area (Å²) < 4.78 is 0. The number of benzene rings is 2. The fourth-order valence-electron chi connectivity index (χ4n) is 3.33. The molecule has 2 heteroatoms. The first-order valence-corrected chi connectivity index (χ1v) is 8.86. The van der Waals surface area contributed by atoms with Gasteiger partial charge in [-0.25, -0.2) is 0 Å². The van der Waals surface area contributed by atoms with Gasteiger partial charge in [0.25, 0.3) is 0 Å². The molecular formula is C20H21OS. The summed E-state index contributed by atoms with van der Waals surface area (Å²) >= 11 is 1.42. The van der Waals surface area contributed by atoms with E-state index in [0.717, 1.165) is 12.2 Å². The molecule has 1 atom stereocenters. The Morgan fingerprint density at radius 1 is 1.09 bits per heavy atom. The van der Waals surface area contributed by atoms with E-state index in [1.807, 2.05) is 6.92 Å². The van der Waals surface area contributed by atoms with Crippen molar-refractivity contribution in [1.29, 1.82) is 0 Å². The normalized spacial score (nSPS) is 18.9. The molecule has 2 aromatic rings. The van der Waals surface area contributed by atoms with Crippen molar-refractivity contribution >= 4 is 16.9 Å². The lowest BCUT2D eigenvalue weighted by Crippen LogP contribution is -2.13. The molecule has 22 heavy (non-hydrogen) atoms. The van der Waals surface area contributed by atoms with E-state index in [0.29, 0.717) is 12.3 Å². The Bertz CT molecular complexity index is 581. The number of carbonyl (C=O) groups excluding carboxylic acids is 1. The summed E-state index contributed by atoms with van der Waals surface area (Å²) in [6.07, 6.45) is 3.90. The fraction of sp³-hybridized carbons (Fsp3) is 0.300. The van der Waals surface area contributed by atoms with Crippen molar-refractivity contribution in [2.45, 2.75) is 25.2 Å². The molecule has 3 rings (SSSR count). The minimum absolute atomic E-state index is 0.0691. The van der Waals surface area contributed by atoms with E-state index in [1.54, 1.807) is 0 Å². The van der Waals surface area contributed by atoms with Gasteiger partial charge in [0.05, 0.1) is 0 Å². The zero-order valence-corrected chi connectivity index (χ0v) is 13.7. The lowest BCUT2D eigenvalue weighted by atomic mass is 9.85. The first-order chi connectivity index (χ1) is 10.8. The zero-order valence-electron chi connectivity index (χ0n) is 12.9. The van der Waals surface area contributed by atoms with Gasteiger partial charge < -0.3 is 0 Å². The molecule has 1 saturated carbocycles. The zero-order chi connectivity index (χ0) is 15.4. The maximum absolute atomic E-state index is 11.8. The van der Waals surface area contributed by atoms with E-state index >= 15 is 0 Å². The van der Waals surface area contributed by atoms with Gasteiger partial charge >= 0.3 is 0 Å². The maximum atomic E-state index is 11.8. The predicted octanol–water partition coefficient (Wildman–Crippen LogP) is 4.87. The van der Waals surface area contributed by atoms with Gasteiger partial charge in [-0.1, -0.05) is 79.3 Å². The summed E-state index contributed by atoms with van der Waals surface area (Å²) in [4.78, 5) is 11.8. The van der Waals surface area contributed by atoms with Crippen molar-refractivity contribution in [2.24, 2.45) is 5.92 Å². The summed E-state index contributed by atoms with van der Waals surface area (Å²) in [6.45, 7) is 2.03. The third kappa shape index (κ3) is 2.98. The largest absolute Gasteiger partial charge is 0.287 e. The van der Waals surface area contributed by atoms with Crippen LogP contribution in [0.1, 0.15) is 30.9 Å². The van der Waals surface area contributed by atoms with Crippen LogP contribution in [0.15, 0.2) is 60.7 Å². The molecule has 2 aromatic carbocycles. The van der Waals surface area contributed by atoms with Crippen LogP contribution in [0.3, 0.4) is 0 Å². The monoisotopic (exact) mass is 309 g/mol. The highest BCUT2D eigenvalue weighted by Gasteiger charge is 2.55. The third-order valence-corrected chi connectivity index (χ3v) is 5.24. The van der Waals surface area contributed by atoms with Crippen LogP contribution >= 0.6 is 11.8 Å². The molecule has 1 aliphatic carbocycles. The van der Waals surface area contributed by atoms with Crippen molar-refractivity contribution < 1.29 is 4.79 Å². The number of thioether (sulfide) groups is 1. The van der Waals surface area contributed by atoms with Crippen LogP contribution in [0, 0.1) is 12.3 Å². The topological polar surface area (TPSA) is 17.1 Å². The Hall–Kier alpha value is -1.54. The summed E-state index contributed by atoms with van der Waals surface area (Å²) in [5.74, 6) is 1.32. The molecule has 1 fully saturated rings. The van der Waals surface area contributed by atoms with Gasteiger partial charge in [-0.3, -0.25) is 4.79 Å². The highest BCUT2D eigenvalue weighted by atomic mass is 32.2. The molecule has 0 aliphatic heterocycles. The van der Waals surface area contributed by atoms with Crippen molar-refractivity contribution in [3.05, 3.63) is 78.2 Å². The number of hydrogen-bond donors (Lipinski definition) is 0. The molecule has 1 aliphatic rings. The Balaban J connectivity index is 1.81. The molecule has 0 heterocycles. The van der Waals surface area contributed by atoms with Gasteiger partial charge in [-0.05, 0) is 35.6 Å². The Kier molecular flexibility index (Phi) is 4.68. The molecule has 0 amide bonds. The van der Waals surface area contributed by atoms with Crippen molar-refractivity contribution in [2.75, 3.05) is 5.75 Å². The molecule has 0 bridgehead atoms. The van der Waals surface area contributed by atoms with Crippen LogP contribution in [0.25, 0.3) is 0 Å². The van der Waals surface area contributed by atoms with E-state index < -0.39 is 0 Å². The van der Waals surface area contributed by atoms with Crippen LogP contribution in [0.4, 0.5) is 0 Å². The summed E-state index contributed by atoms with van der Waals surface area (Å²) in [5.41, 5.74) is 2.79. The first kappa shape index (κ1) is 15.4. The molecular weight excluding hydrogens is 288 g/mol. The second-order valence-corrected chi connectivity index (χ2v) is 7.08. The average molecular weight is 309 g/mol. The second kappa shape index (κ2) is 6.70. The van der Waals surface area contributed by atoms with Gasteiger partial charge in [0.1, 0.15) is 0 Å². The highest BCUT2D eigenvalue weighted by Crippen LogP contribution is 2.60. The lowest BCUT2D eigenvalue weighted by molar-refractivity contribution is -0.110. The van der Waals surface area contributed by atoms with Gasteiger partial charge in [0.2, 0.25) is 0 Å². The SMILES string of the molecule is CCSC(=O)C[CH]C1CC1(c1ccccc1)c1ccccc1. The van der Waals surface area contributed by atoms with Gasteiger partial charge in [-0.2, -0.15) is 0 Å². The smallest absolute Gasteiger partial charge is 0.189 e. The van der Waals surface area contributed by atoms with E-state index in [4.69, 9.17) is 0 Å².